The number of fused-ring (bicyclic) bond motifs is 10. The van der Waals surface area contributed by atoms with Crippen LogP contribution in [0.3, 0.4) is 0 Å². The number of rotatable bonds is 1. The van der Waals surface area contributed by atoms with Crippen molar-refractivity contribution in [2.75, 3.05) is 0 Å². The molecule has 0 saturated carbocycles. The molecule has 2 heteroatoms. The van der Waals surface area contributed by atoms with Crippen LogP contribution in [-0.4, -0.2) is 0 Å². The average Bonchev–Trinajstić information content (AvgIpc) is 1.58. The monoisotopic (exact) mass is 2020 g/mol. The second-order valence-electron chi connectivity index (χ2n) is 60.3. The molecular weight excluding hydrogens is 1790 g/mol. The summed E-state index contributed by atoms with van der Waals surface area (Å²) in [5, 5.41) is 7.76. The Morgan fingerprint density at radius 1 is 0.156 bits per heavy atom. The number of benzene rings is 12. The zero-order chi connectivity index (χ0) is 116. The molecule has 0 atom stereocenters. The van der Waals surface area contributed by atoms with Gasteiger partial charge in [0.05, 0.1) is 0 Å². The summed E-state index contributed by atoms with van der Waals surface area (Å²) in [7, 11) is 0. The van der Waals surface area contributed by atoms with Gasteiger partial charge in [-0.05, 0) is 144 Å². The molecule has 0 saturated heterocycles. The molecule has 2 aromatic heterocycles. The van der Waals surface area contributed by atoms with Gasteiger partial charge < -0.3 is 4.42 Å². The molecule has 0 bridgehead atoms. The van der Waals surface area contributed by atoms with E-state index < -0.39 is 0 Å². The number of hydrogen-bond donors (Lipinski definition) is 0. The zero-order valence-electron chi connectivity index (χ0n) is 107. The SMILES string of the molecule is CC.CC(C)(C)C.CC(C)(C)C.CC(C)(C)C.CC(C)(C)C.CC(C)(C)C.CC(C)(C)C.CC(C)(C)C.CC(C)(C)C.CC(C)(C)C.CC(C)(C)C.CC(C)(C)C.CC(C)(C)C.CC(C)(C)C.CC(C)(C)C.CC1(C)c2ccccc2-c2ccccc21.c1ccc(-c2ccccc2)cc1.c1ccc2c(c1)oc1ccccc12.c1ccc2c(c1)sc1ccccc12.c1ccc2ccccc2c1.c1ccccc1.c1ccccc1. The first-order chi connectivity index (χ1) is 66.0. The molecular formula is C145H234OS. The highest BCUT2D eigenvalue weighted by atomic mass is 32.1. The summed E-state index contributed by atoms with van der Waals surface area (Å²) in [5.74, 6) is 0. The molecule has 12 aromatic carbocycles. The van der Waals surface area contributed by atoms with Crippen molar-refractivity contribution in [2.24, 2.45) is 75.8 Å². The van der Waals surface area contributed by atoms with E-state index >= 15 is 0 Å². The number of hydrogen-bond acceptors (Lipinski definition) is 2. The maximum Gasteiger partial charge on any atom is 0.135 e. The van der Waals surface area contributed by atoms with E-state index in [9.17, 15) is 0 Å². The Hall–Kier alpha value is -9.08. The maximum atomic E-state index is 5.65. The lowest BCUT2D eigenvalue weighted by atomic mass is 9.82. The van der Waals surface area contributed by atoms with E-state index in [1.807, 2.05) is 147 Å². The molecule has 1 nitrogen and oxygen atoms in total. The highest BCUT2D eigenvalue weighted by Gasteiger charge is 2.34. The quantitative estimate of drug-likeness (QED) is 0.160. The van der Waals surface area contributed by atoms with Crippen LogP contribution in [-0.2, 0) is 5.41 Å². The van der Waals surface area contributed by atoms with Gasteiger partial charge in [0.25, 0.3) is 0 Å². The number of para-hydroxylation sites is 2. The highest BCUT2D eigenvalue weighted by Crippen LogP contribution is 2.48. The van der Waals surface area contributed by atoms with Crippen LogP contribution in [0, 0.1) is 75.8 Å². The van der Waals surface area contributed by atoms with Gasteiger partial charge >= 0.3 is 0 Å². The van der Waals surface area contributed by atoms with Crippen LogP contribution in [0.25, 0.3) is 75.1 Å². The van der Waals surface area contributed by atoms with Gasteiger partial charge in [0.15, 0.2) is 0 Å². The van der Waals surface area contributed by atoms with E-state index in [0.29, 0.717) is 75.8 Å². The fourth-order valence-electron chi connectivity index (χ4n) is 9.18. The van der Waals surface area contributed by atoms with Crippen LogP contribution in [0.5, 0.6) is 0 Å². The molecule has 14 aromatic rings. The van der Waals surface area contributed by atoms with Crippen molar-refractivity contribution in [1.29, 1.82) is 0 Å². The first-order valence-corrected chi connectivity index (χ1v) is 55.3. The van der Waals surface area contributed by atoms with Crippen LogP contribution >= 0.6 is 11.3 Å². The Morgan fingerprint density at radius 2 is 0.293 bits per heavy atom. The Kier molecular flexibility index (Phi) is 75.9. The van der Waals surface area contributed by atoms with Gasteiger partial charge in [0, 0.05) is 36.4 Å². The molecule has 2 heterocycles. The molecule has 1 aliphatic rings. The molecule has 826 valence electrons. The van der Waals surface area contributed by atoms with Crippen molar-refractivity contribution in [3.8, 4) is 22.3 Å². The van der Waals surface area contributed by atoms with E-state index in [0.717, 1.165) is 11.2 Å². The van der Waals surface area contributed by atoms with E-state index in [1.54, 1.807) is 0 Å². The lowest BCUT2D eigenvalue weighted by Gasteiger charge is -2.20. The average molecular weight is 2030 g/mol. The molecule has 0 amide bonds. The van der Waals surface area contributed by atoms with Crippen molar-refractivity contribution in [2.45, 2.75) is 421 Å². The van der Waals surface area contributed by atoms with Gasteiger partial charge in [-0.2, -0.15) is 0 Å². The van der Waals surface area contributed by atoms with Crippen molar-refractivity contribution in [3.05, 3.63) is 339 Å². The van der Waals surface area contributed by atoms with Crippen molar-refractivity contribution >= 4 is 64.2 Å². The number of furan rings is 1. The van der Waals surface area contributed by atoms with Crippen LogP contribution < -0.4 is 0 Å². The highest BCUT2D eigenvalue weighted by molar-refractivity contribution is 7.25. The minimum Gasteiger partial charge on any atom is -0.456 e. The summed E-state index contributed by atoms with van der Waals surface area (Å²) in [6.45, 7) is 131. The maximum absolute atomic E-state index is 5.65. The van der Waals surface area contributed by atoms with E-state index in [-0.39, 0.29) is 5.41 Å². The third-order valence-electron chi connectivity index (χ3n) is 12.9. The van der Waals surface area contributed by atoms with E-state index in [1.165, 1.54) is 75.1 Å². The van der Waals surface area contributed by atoms with Crippen molar-refractivity contribution in [1.82, 2.24) is 0 Å². The summed E-state index contributed by atoms with van der Waals surface area (Å²) in [5.41, 5.74) is 17.3. The predicted molar refractivity (Wildman–Crippen MR) is 689 cm³/mol. The summed E-state index contributed by atoms with van der Waals surface area (Å²) < 4.78 is 8.41. The Morgan fingerprint density at radius 3 is 0.483 bits per heavy atom. The second-order valence-corrected chi connectivity index (χ2v) is 61.4. The van der Waals surface area contributed by atoms with Crippen molar-refractivity contribution < 1.29 is 4.42 Å². The fraction of sp³-hybridized carbons (Fsp3) is 0.517. The lowest BCUT2D eigenvalue weighted by Crippen LogP contribution is -2.14. The zero-order valence-corrected chi connectivity index (χ0v) is 108. The molecule has 1 aliphatic carbocycles. The minimum absolute atomic E-state index is 0.160. The van der Waals surface area contributed by atoms with Crippen LogP contribution in [0.1, 0.15) is 427 Å². The summed E-state index contributed by atoms with van der Waals surface area (Å²) in [6.07, 6.45) is 0. The molecule has 0 N–H and O–H groups in total. The van der Waals surface area contributed by atoms with Gasteiger partial charge in [-0.1, -0.05) is 719 Å². The van der Waals surface area contributed by atoms with E-state index in [4.69, 9.17) is 4.42 Å². The first kappa shape index (κ1) is 151. The molecule has 0 radical (unpaired) electrons. The lowest BCUT2D eigenvalue weighted by molar-refractivity contribution is 0.469. The predicted octanol–water partition coefficient (Wildman–Crippen LogP) is 51.0. The van der Waals surface area contributed by atoms with Crippen LogP contribution in [0.2, 0.25) is 0 Å². The smallest absolute Gasteiger partial charge is 0.135 e. The van der Waals surface area contributed by atoms with Crippen molar-refractivity contribution in [3.63, 3.8) is 0 Å². The second kappa shape index (κ2) is 74.0. The topological polar surface area (TPSA) is 13.1 Å². The Labute approximate surface area is 919 Å². The fourth-order valence-corrected chi connectivity index (χ4v) is 10.3. The third kappa shape index (κ3) is 129. The standard InChI is InChI=1S/C15H14.C12H8O.C12H8S.C12H10.C10H8.2C6H6.14C5H12.C2H6/c1-15(2)13-9-5-3-7-11(13)12-8-4-6-10-14(12)15;2*1-3-7-11-9(5-1)10-6-2-4-8-12(10)13-11;1-3-7-11(8-4-1)12-9-5-2-6-10-12;1-2-6-10-8-4-3-7-9(10)5-1;2*1-2-4-6-5-3-1;14*1-5(2,3)4;1-2/h3-10H,1-2H3;2*1-8H;1-10H;1-8H;2*1-6H;14*1-4H3;1-2H3. The molecule has 0 aliphatic heterocycles. The molecule has 147 heavy (non-hydrogen) atoms. The molecule has 0 spiro atoms. The first-order valence-electron chi connectivity index (χ1n) is 54.5. The largest absolute Gasteiger partial charge is 0.456 e. The third-order valence-corrected chi connectivity index (χ3v) is 14.1. The van der Waals surface area contributed by atoms with Gasteiger partial charge in [0.1, 0.15) is 11.2 Å². The van der Waals surface area contributed by atoms with Crippen LogP contribution in [0.4, 0.5) is 0 Å². The molecule has 15 rings (SSSR count). The minimum atomic E-state index is 0.160. The summed E-state index contributed by atoms with van der Waals surface area (Å²) in [4.78, 5) is 0. The van der Waals surface area contributed by atoms with Gasteiger partial charge in [0.2, 0.25) is 0 Å². The van der Waals surface area contributed by atoms with Crippen LogP contribution in [0.15, 0.2) is 332 Å². The van der Waals surface area contributed by atoms with E-state index in [2.05, 4.69) is 608 Å². The summed E-state index contributed by atoms with van der Waals surface area (Å²) >= 11 is 1.86. The summed E-state index contributed by atoms with van der Waals surface area (Å²) in [6, 6.07) is 112. The Balaban J connectivity index is -0.000000284. The molecule has 0 unspecified atom stereocenters. The molecule has 0 fully saturated rings. The Bertz CT molecular complexity index is 4560. The van der Waals surface area contributed by atoms with Gasteiger partial charge in [-0.3, -0.25) is 0 Å². The van der Waals surface area contributed by atoms with Gasteiger partial charge in [-0.25, -0.2) is 0 Å². The van der Waals surface area contributed by atoms with Gasteiger partial charge in [-0.15, -0.1) is 11.3 Å². The normalized spacial score (nSPS) is 11.5. The number of thiophene rings is 1.